The number of carbonyl (C=O) groups excluding carboxylic acids is 1. The molecular formula is C18H25NO3. The van der Waals surface area contributed by atoms with Crippen molar-refractivity contribution in [1.82, 2.24) is 5.32 Å². The van der Waals surface area contributed by atoms with Gasteiger partial charge in [0.05, 0.1) is 5.92 Å². The Bertz CT molecular complexity index is 522. The van der Waals surface area contributed by atoms with E-state index in [1.54, 1.807) is 0 Å². The van der Waals surface area contributed by atoms with Gasteiger partial charge < -0.3 is 10.4 Å². The second-order valence-corrected chi connectivity index (χ2v) is 6.48. The van der Waals surface area contributed by atoms with Crippen LogP contribution < -0.4 is 5.32 Å². The third-order valence-electron chi connectivity index (χ3n) is 4.59. The van der Waals surface area contributed by atoms with Gasteiger partial charge in [0.25, 0.3) is 5.91 Å². The number of amides is 1. The van der Waals surface area contributed by atoms with E-state index in [9.17, 15) is 14.7 Å². The predicted molar refractivity (Wildman–Crippen MR) is 85.9 cm³/mol. The zero-order valence-electron chi connectivity index (χ0n) is 13.3. The van der Waals surface area contributed by atoms with Crippen LogP contribution in [0.25, 0.3) is 0 Å². The molecule has 0 spiro atoms. The summed E-state index contributed by atoms with van der Waals surface area (Å²) in [5, 5.41) is 12.2. The first-order chi connectivity index (χ1) is 10.5. The summed E-state index contributed by atoms with van der Waals surface area (Å²) >= 11 is 0. The minimum Gasteiger partial charge on any atom is -0.481 e. The fraction of sp³-hybridized carbons (Fsp3) is 0.556. The van der Waals surface area contributed by atoms with Gasteiger partial charge in [-0.15, -0.1) is 0 Å². The van der Waals surface area contributed by atoms with Crippen LogP contribution in [-0.2, 0) is 4.79 Å². The number of nitrogens with one attached hydrogen (secondary N) is 1. The van der Waals surface area contributed by atoms with Crippen molar-refractivity contribution in [1.29, 1.82) is 0 Å². The number of carboxylic acids is 1. The molecule has 0 saturated heterocycles. The summed E-state index contributed by atoms with van der Waals surface area (Å²) in [6.45, 7) is 4.68. The van der Waals surface area contributed by atoms with Crippen LogP contribution in [0.5, 0.6) is 0 Å². The van der Waals surface area contributed by atoms with Crippen molar-refractivity contribution in [2.75, 3.05) is 6.54 Å². The zero-order chi connectivity index (χ0) is 16.1. The van der Waals surface area contributed by atoms with Crippen molar-refractivity contribution in [3.63, 3.8) is 0 Å². The van der Waals surface area contributed by atoms with Crippen molar-refractivity contribution in [2.24, 2.45) is 11.8 Å². The molecule has 1 aromatic rings. The Morgan fingerprint density at radius 2 is 1.82 bits per heavy atom. The van der Waals surface area contributed by atoms with Crippen molar-refractivity contribution in [3.05, 3.63) is 35.4 Å². The van der Waals surface area contributed by atoms with E-state index >= 15 is 0 Å². The molecule has 1 amide bonds. The van der Waals surface area contributed by atoms with Crippen LogP contribution in [0.4, 0.5) is 0 Å². The summed E-state index contributed by atoms with van der Waals surface area (Å²) < 4.78 is 0. The normalized spacial score (nSPS) is 21.6. The molecule has 2 N–H and O–H groups in total. The Morgan fingerprint density at radius 1 is 1.18 bits per heavy atom. The molecule has 22 heavy (non-hydrogen) atoms. The highest BCUT2D eigenvalue weighted by molar-refractivity contribution is 5.94. The third-order valence-corrected chi connectivity index (χ3v) is 4.59. The first-order valence-corrected chi connectivity index (χ1v) is 8.10. The highest BCUT2D eigenvalue weighted by atomic mass is 16.4. The topological polar surface area (TPSA) is 66.4 Å². The maximum absolute atomic E-state index is 12.2. The van der Waals surface area contributed by atoms with Crippen LogP contribution in [0, 0.1) is 11.8 Å². The largest absolute Gasteiger partial charge is 0.481 e. The first kappa shape index (κ1) is 16.5. The second kappa shape index (κ2) is 7.43. The summed E-state index contributed by atoms with van der Waals surface area (Å²) in [7, 11) is 0. The fourth-order valence-electron chi connectivity index (χ4n) is 3.12. The number of aliphatic carboxylic acids is 1. The molecule has 1 aliphatic carbocycles. The summed E-state index contributed by atoms with van der Waals surface area (Å²) in [6, 6.07) is 7.61. The lowest BCUT2D eigenvalue weighted by Gasteiger charge is -2.28. The first-order valence-electron chi connectivity index (χ1n) is 8.10. The van der Waals surface area contributed by atoms with Gasteiger partial charge in [-0.1, -0.05) is 38.8 Å². The fourth-order valence-corrected chi connectivity index (χ4v) is 3.12. The smallest absolute Gasteiger partial charge is 0.306 e. The van der Waals surface area contributed by atoms with E-state index in [0.717, 1.165) is 25.7 Å². The van der Waals surface area contributed by atoms with Crippen molar-refractivity contribution in [3.8, 4) is 0 Å². The van der Waals surface area contributed by atoms with Gasteiger partial charge in [-0.2, -0.15) is 0 Å². The van der Waals surface area contributed by atoms with E-state index < -0.39 is 5.97 Å². The zero-order valence-corrected chi connectivity index (χ0v) is 13.3. The molecule has 0 bridgehead atoms. The van der Waals surface area contributed by atoms with Crippen LogP contribution in [0.15, 0.2) is 24.3 Å². The number of hydrogen-bond donors (Lipinski definition) is 2. The highest BCUT2D eigenvalue weighted by Crippen LogP contribution is 2.29. The summed E-state index contributed by atoms with van der Waals surface area (Å²) in [6.07, 6.45) is 3.62. The van der Waals surface area contributed by atoms with Gasteiger partial charge in [0, 0.05) is 12.1 Å². The molecule has 120 valence electrons. The molecule has 0 heterocycles. The van der Waals surface area contributed by atoms with E-state index in [1.807, 2.05) is 24.3 Å². The molecule has 0 radical (unpaired) electrons. The van der Waals surface area contributed by atoms with Crippen LogP contribution in [0.3, 0.4) is 0 Å². The Morgan fingerprint density at radius 3 is 2.41 bits per heavy atom. The maximum atomic E-state index is 12.2. The lowest BCUT2D eigenvalue weighted by Crippen LogP contribution is -2.37. The Hall–Kier alpha value is -1.84. The molecule has 1 aliphatic rings. The summed E-state index contributed by atoms with van der Waals surface area (Å²) in [5.41, 5.74) is 1.84. The van der Waals surface area contributed by atoms with E-state index in [1.165, 1.54) is 5.56 Å². The predicted octanol–water partition coefficient (Wildman–Crippen LogP) is 3.43. The van der Waals surface area contributed by atoms with E-state index in [-0.39, 0.29) is 17.7 Å². The number of benzene rings is 1. The molecule has 0 aliphatic heterocycles. The number of carbonyl (C=O) groups is 2. The molecule has 0 unspecified atom stereocenters. The van der Waals surface area contributed by atoms with Crippen LogP contribution >= 0.6 is 0 Å². The minimum atomic E-state index is -0.736. The van der Waals surface area contributed by atoms with Gasteiger partial charge >= 0.3 is 5.97 Å². The van der Waals surface area contributed by atoms with Crippen LogP contribution in [0.1, 0.15) is 61.4 Å². The third kappa shape index (κ3) is 4.09. The Labute approximate surface area is 131 Å². The lowest BCUT2D eigenvalue weighted by molar-refractivity contribution is -0.144. The summed E-state index contributed by atoms with van der Waals surface area (Å²) in [5.74, 6) is -0.691. The molecule has 2 rings (SSSR count). The van der Waals surface area contributed by atoms with Gasteiger partial charge in [0.1, 0.15) is 0 Å². The average Bonchev–Trinajstić information content (AvgIpc) is 2.52. The second-order valence-electron chi connectivity index (χ2n) is 6.48. The van der Waals surface area contributed by atoms with Gasteiger partial charge in [0.2, 0.25) is 0 Å². The molecule has 4 heteroatoms. The SMILES string of the molecule is CC(C)c1ccc(C(=O)NC[C@@H]2CCCC[C@@H]2C(=O)O)cc1. The van der Waals surface area contributed by atoms with Crippen molar-refractivity contribution < 1.29 is 14.7 Å². The molecule has 1 aromatic carbocycles. The van der Waals surface area contributed by atoms with Crippen LogP contribution in [0.2, 0.25) is 0 Å². The summed E-state index contributed by atoms with van der Waals surface area (Å²) in [4.78, 5) is 23.5. The Kier molecular flexibility index (Phi) is 5.58. The molecule has 1 saturated carbocycles. The molecule has 2 atom stereocenters. The van der Waals surface area contributed by atoms with E-state index in [4.69, 9.17) is 0 Å². The number of rotatable bonds is 5. The van der Waals surface area contributed by atoms with Crippen molar-refractivity contribution in [2.45, 2.75) is 45.4 Å². The minimum absolute atomic E-state index is 0.0464. The quantitative estimate of drug-likeness (QED) is 0.875. The van der Waals surface area contributed by atoms with Gasteiger partial charge in [-0.05, 0) is 42.4 Å². The number of hydrogen-bond acceptors (Lipinski definition) is 2. The molecule has 0 aromatic heterocycles. The highest BCUT2D eigenvalue weighted by Gasteiger charge is 2.30. The number of carboxylic acid groups (broad SMARTS) is 1. The van der Waals surface area contributed by atoms with E-state index in [2.05, 4.69) is 19.2 Å². The Balaban J connectivity index is 1.92. The standard InChI is InChI=1S/C18H25NO3/c1-12(2)13-7-9-14(10-8-13)17(20)19-11-15-5-3-4-6-16(15)18(21)22/h7-10,12,15-16H,3-6,11H2,1-2H3,(H,19,20)(H,21,22)/t15-,16-/m0/s1. The van der Waals surface area contributed by atoms with E-state index in [0.29, 0.717) is 18.0 Å². The lowest BCUT2D eigenvalue weighted by atomic mass is 9.79. The van der Waals surface area contributed by atoms with Gasteiger partial charge in [-0.3, -0.25) is 9.59 Å². The maximum Gasteiger partial charge on any atom is 0.306 e. The molecule has 1 fully saturated rings. The average molecular weight is 303 g/mol. The monoisotopic (exact) mass is 303 g/mol. The van der Waals surface area contributed by atoms with Gasteiger partial charge in [0.15, 0.2) is 0 Å². The van der Waals surface area contributed by atoms with Crippen LogP contribution in [-0.4, -0.2) is 23.5 Å². The van der Waals surface area contributed by atoms with Crippen molar-refractivity contribution >= 4 is 11.9 Å². The van der Waals surface area contributed by atoms with Gasteiger partial charge in [-0.25, -0.2) is 0 Å². The molecule has 4 nitrogen and oxygen atoms in total. The molecular weight excluding hydrogens is 278 g/mol.